The molecule has 0 aliphatic carbocycles. The van der Waals surface area contributed by atoms with Gasteiger partial charge in [-0.05, 0) is 36.2 Å². The molecule has 0 unspecified atom stereocenters. The number of carbonyl (C=O) groups excluding carboxylic acids is 2. The number of nitro benzene ring substituents is 2. The van der Waals surface area contributed by atoms with Crippen molar-refractivity contribution in [2.24, 2.45) is 0 Å². The molecule has 35 heavy (non-hydrogen) atoms. The summed E-state index contributed by atoms with van der Waals surface area (Å²) in [6, 6.07) is 19.2. The standard InChI is InChI=1S/C25H22N2O8/c1-2-25(20-6-4-3-5-7-20,16-34-23(28)18-8-12-21(13-9-18)26(30)31)17-35-24(29)19-10-14-22(15-11-19)27(32)33/h3-15H,2,16-17H2,1H3. The molecule has 3 aromatic rings. The third kappa shape index (κ3) is 6.05. The number of carbonyl (C=O) groups is 2. The van der Waals surface area contributed by atoms with Gasteiger partial charge in [0.1, 0.15) is 13.2 Å². The maximum atomic E-state index is 12.6. The molecule has 0 aromatic heterocycles. The van der Waals surface area contributed by atoms with Gasteiger partial charge in [0.2, 0.25) is 0 Å². The summed E-state index contributed by atoms with van der Waals surface area (Å²) in [4.78, 5) is 45.8. The molecule has 0 bridgehead atoms. The van der Waals surface area contributed by atoms with E-state index in [0.29, 0.717) is 6.42 Å². The summed E-state index contributed by atoms with van der Waals surface area (Å²) in [5.74, 6) is -1.34. The highest BCUT2D eigenvalue weighted by Crippen LogP contribution is 2.30. The topological polar surface area (TPSA) is 139 Å². The van der Waals surface area contributed by atoms with Crippen LogP contribution in [0, 0.1) is 20.2 Å². The zero-order valence-corrected chi connectivity index (χ0v) is 18.8. The molecule has 0 aliphatic heterocycles. The summed E-state index contributed by atoms with van der Waals surface area (Å²) in [6.45, 7) is 1.64. The molecular weight excluding hydrogens is 456 g/mol. The number of rotatable bonds is 10. The van der Waals surface area contributed by atoms with Crippen LogP contribution in [0.25, 0.3) is 0 Å². The second kappa shape index (κ2) is 11.0. The number of hydrogen-bond acceptors (Lipinski definition) is 8. The zero-order valence-electron chi connectivity index (χ0n) is 18.8. The van der Waals surface area contributed by atoms with Gasteiger partial charge in [-0.1, -0.05) is 37.3 Å². The van der Waals surface area contributed by atoms with E-state index in [-0.39, 0.29) is 35.7 Å². The minimum absolute atomic E-state index is 0.114. The van der Waals surface area contributed by atoms with Gasteiger partial charge < -0.3 is 9.47 Å². The van der Waals surface area contributed by atoms with E-state index in [1.165, 1.54) is 48.5 Å². The van der Waals surface area contributed by atoms with E-state index < -0.39 is 27.2 Å². The summed E-state index contributed by atoms with van der Waals surface area (Å²) in [5.41, 5.74) is -0.0731. The molecule has 0 saturated heterocycles. The maximum Gasteiger partial charge on any atom is 0.338 e. The van der Waals surface area contributed by atoms with Gasteiger partial charge >= 0.3 is 11.9 Å². The lowest BCUT2D eigenvalue weighted by Crippen LogP contribution is -2.38. The fourth-order valence-electron chi connectivity index (χ4n) is 3.42. The molecule has 0 atom stereocenters. The van der Waals surface area contributed by atoms with Crippen molar-refractivity contribution in [3.8, 4) is 0 Å². The van der Waals surface area contributed by atoms with Crippen molar-refractivity contribution in [2.45, 2.75) is 18.8 Å². The van der Waals surface area contributed by atoms with Gasteiger partial charge in [-0.3, -0.25) is 20.2 Å². The Morgan fingerprint density at radius 2 is 1.11 bits per heavy atom. The van der Waals surface area contributed by atoms with Crippen LogP contribution in [-0.4, -0.2) is 35.0 Å². The normalized spacial score (nSPS) is 10.9. The van der Waals surface area contributed by atoms with Crippen molar-refractivity contribution in [2.75, 3.05) is 13.2 Å². The number of nitro groups is 2. The minimum atomic E-state index is -0.867. The first-order chi connectivity index (χ1) is 16.8. The Bertz CT molecular complexity index is 1130. The van der Waals surface area contributed by atoms with Crippen molar-refractivity contribution in [3.05, 3.63) is 116 Å². The van der Waals surface area contributed by atoms with Gasteiger partial charge in [-0.2, -0.15) is 0 Å². The van der Waals surface area contributed by atoms with Gasteiger partial charge in [0.15, 0.2) is 0 Å². The average Bonchev–Trinajstić information content (AvgIpc) is 2.89. The van der Waals surface area contributed by atoms with Gasteiger partial charge in [-0.25, -0.2) is 9.59 Å². The van der Waals surface area contributed by atoms with Gasteiger partial charge in [0, 0.05) is 24.3 Å². The van der Waals surface area contributed by atoms with Gasteiger partial charge in [0.25, 0.3) is 11.4 Å². The predicted octanol–water partition coefficient (Wildman–Crippen LogP) is 4.86. The molecule has 0 spiro atoms. The highest BCUT2D eigenvalue weighted by atomic mass is 16.6. The summed E-state index contributed by atoms with van der Waals surface area (Å²) in [5, 5.41) is 21.7. The molecule has 0 saturated carbocycles. The lowest BCUT2D eigenvalue weighted by Gasteiger charge is -2.32. The number of benzene rings is 3. The second-order valence-electron chi connectivity index (χ2n) is 7.76. The van der Waals surface area contributed by atoms with Gasteiger partial charge in [-0.15, -0.1) is 0 Å². The monoisotopic (exact) mass is 478 g/mol. The molecular formula is C25H22N2O8. The number of esters is 2. The summed E-state index contributed by atoms with van der Waals surface area (Å²) >= 11 is 0. The number of hydrogen-bond donors (Lipinski definition) is 0. The lowest BCUT2D eigenvalue weighted by molar-refractivity contribution is -0.385. The van der Waals surface area contributed by atoms with Crippen LogP contribution >= 0.6 is 0 Å². The van der Waals surface area contributed by atoms with Crippen molar-refractivity contribution in [3.63, 3.8) is 0 Å². The van der Waals surface area contributed by atoms with Crippen LogP contribution in [0.15, 0.2) is 78.9 Å². The molecule has 0 radical (unpaired) electrons. The van der Waals surface area contributed by atoms with E-state index in [0.717, 1.165) is 5.56 Å². The van der Waals surface area contributed by atoms with E-state index in [1.807, 2.05) is 37.3 Å². The third-order valence-corrected chi connectivity index (χ3v) is 5.65. The van der Waals surface area contributed by atoms with Crippen LogP contribution in [0.4, 0.5) is 11.4 Å². The Morgan fingerprint density at radius 1 is 0.714 bits per heavy atom. The van der Waals surface area contributed by atoms with Crippen LogP contribution in [0.5, 0.6) is 0 Å². The first-order valence-electron chi connectivity index (χ1n) is 10.6. The molecule has 3 rings (SSSR count). The maximum absolute atomic E-state index is 12.6. The Balaban J connectivity index is 1.77. The Morgan fingerprint density at radius 3 is 1.46 bits per heavy atom. The van der Waals surface area contributed by atoms with Gasteiger partial charge in [0.05, 0.1) is 26.4 Å². The van der Waals surface area contributed by atoms with Crippen molar-refractivity contribution in [1.29, 1.82) is 0 Å². The highest BCUT2D eigenvalue weighted by molar-refractivity contribution is 5.90. The molecule has 0 fully saturated rings. The fraction of sp³-hybridized carbons (Fsp3) is 0.200. The van der Waals surface area contributed by atoms with Crippen LogP contribution < -0.4 is 0 Å². The van der Waals surface area contributed by atoms with E-state index in [2.05, 4.69) is 0 Å². The fourth-order valence-corrected chi connectivity index (χ4v) is 3.42. The number of ether oxygens (including phenoxy) is 2. The molecule has 0 N–H and O–H groups in total. The van der Waals surface area contributed by atoms with Crippen LogP contribution in [0.3, 0.4) is 0 Å². The Hall–Kier alpha value is -4.60. The third-order valence-electron chi connectivity index (χ3n) is 5.65. The lowest BCUT2D eigenvalue weighted by atomic mass is 9.79. The first-order valence-corrected chi connectivity index (χ1v) is 10.6. The average molecular weight is 478 g/mol. The smallest absolute Gasteiger partial charge is 0.338 e. The molecule has 0 heterocycles. The summed E-state index contributed by atoms with van der Waals surface area (Å²) in [6.07, 6.45) is 0.456. The van der Waals surface area contributed by atoms with Crippen LogP contribution in [0.2, 0.25) is 0 Å². The quantitative estimate of drug-likeness (QED) is 0.229. The van der Waals surface area contributed by atoms with E-state index in [9.17, 15) is 29.8 Å². The van der Waals surface area contributed by atoms with Crippen LogP contribution in [-0.2, 0) is 14.9 Å². The largest absolute Gasteiger partial charge is 0.461 e. The van der Waals surface area contributed by atoms with E-state index in [1.54, 1.807) is 0 Å². The zero-order chi connectivity index (χ0) is 25.4. The molecule has 0 amide bonds. The van der Waals surface area contributed by atoms with E-state index in [4.69, 9.17) is 9.47 Å². The first kappa shape index (κ1) is 25.0. The highest BCUT2D eigenvalue weighted by Gasteiger charge is 2.34. The van der Waals surface area contributed by atoms with Crippen molar-refractivity contribution in [1.82, 2.24) is 0 Å². The summed E-state index contributed by atoms with van der Waals surface area (Å²) < 4.78 is 11.1. The molecule has 180 valence electrons. The predicted molar refractivity (Wildman–Crippen MR) is 125 cm³/mol. The molecule has 0 aliphatic rings. The van der Waals surface area contributed by atoms with Crippen molar-refractivity contribution >= 4 is 23.3 Å². The van der Waals surface area contributed by atoms with Crippen molar-refractivity contribution < 1.29 is 28.9 Å². The second-order valence-corrected chi connectivity index (χ2v) is 7.76. The SMILES string of the molecule is CCC(COC(=O)c1ccc([N+](=O)[O-])cc1)(COC(=O)c1ccc([N+](=O)[O-])cc1)c1ccccc1. The Kier molecular flexibility index (Phi) is 7.88. The number of nitrogens with zero attached hydrogens (tertiary/aromatic N) is 2. The minimum Gasteiger partial charge on any atom is -0.461 e. The number of non-ortho nitro benzene ring substituents is 2. The molecule has 10 heteroatoms. The summed E-state index contributed by atoms with van der Waals surface area (Å²) in [7, 11) is 0. The molecule has 10 nitrogen and oxygen atoms in total. The van der Waals surface area contributed by atoms with Crippen LogP contribution in [0.1, 0.15) is 39.6 Å². The Labute approximate surface area is 200 Å². The van der Waals surface area contributed by atoms with E-state index >= 15 is 0 Å². The molecule has 3 aromatic carbocycles.